The molecular formula is C14H18FNO. The van der Waals surface area contributed by atoms with Gasteiger partial charge in [-0.15, -0.1) is 0 Å². The molecule has 1 N–H and O–H groups in total. The maximum Gasteiger partial charge on any atom is 0.132 e. The fourth-order valence-electron chi connectivity index (χ4n) is 2.73. The molecule has 2 nitrogen and oxygen atoms in total. The molecule has 1 aromatic rings. The Kier molecular flexibility index (Phi) is 3.57. The summed E-state index contributed by atoms with van der Waals surface area (Å²) < 4.78 is 13.3. The average Bonchev–Trinajstić information content (AvgIpc) is 2.33. The summed E-state index contributed by atoms with van der Waals surface area (Å²) in [5.41, 5.74) is 0.935. The number of benzene rings is 1. The molecule has 3 heteroatoms. The van der Waals surface area contributed by atoms with Gasteiger partial charge >= 0.3 is 0 Å². The Bertz CT molecular complexity index is 406. The highest BCUT2D eigenvalue weighted by atomic mass is 19.1. The van der Waals surface area contributed by atoms with Gasteiger partial charge in [0.05, 0.1) is 0 Å². The molecule has 0 heterocycles. The van der Waals surface area contributed by atoms with Crippen LogP contribution in [0.3, 0.4) is 0 Å². The topological polar surface area (TPSA) is 29.1 Å². The van der Waals surface area contributed by atoms with Crippen molar-refractivity contribution >= 4 is 5.78 Å². The van der Waals surface area contributed by atoms with Crippen LogP contribution in [0, 0.1) is 5.82 Å². The van der Waals surface area contributed by atoms with Gasteiger partial charge in [-0.1, -0.05) is 12.1 Å². The lowest BCUT2D eigenvalue weighted by Gasteiger charge is -2.37. The highest BCUT2D eigenvalue weighted by Crippen LogP contribution is 2.37. The van der Waals surface area contributed by atoms with Crippen molar-refractivity contribution in [3.63, 3.8) is 0 Å². The molecule has 0 spiro atoms. The minimum Gasteiger partial charge on any atom is -0.319 e. The van der Waals surface area contributed by atoms with Crippen molar-refractivity contribution in [2.75, 3.05) is 13.6 Å². The molecule has 2 rings (SSSR count). The van der Waals surface area contributed by atoms with Crippen LogP contribution in [0.5, 0.6) is 0 Å². The number of halogens is 1. The van der Waals surface area contributed by atoms with Gasteiger partial charge in [-0.3, -0.25) is 4.79 Å². The van der Waals surface area contributed by atoms with E-state index in [0.717, 1.165) is 24.9 Å². The lowest BCUT2D eigenvalue weighted by atomic mass is 9.69. The van der Waals surface area contributed by atoms with E-state index in [4.69, 9.17) is 0 Å². The van der Waals surface area contributed by atoms with Crippen LogP contribution in [-0.2, 0) is 10.2 Å². The van der Waals surface area contributed by atoms with Crippen LogP contribution in [0.2, 0.25) is 0 Å². The standard InChI is InChI=1S/C14H18FNO/c1-16-10-14(7-5-13(17)6-8-14)11-3-2-4-12(15)9-11/h2-4,9,16H,5-8,10H2,1H3. The number of nitrogens with one attached hydrogen (secondary N) is 1. The van der Waals surface area contributed by atoms with Crippen LogP contribution in [0.15, 0.2) is 24.3 Å². The summed E-state index contributed by atoms with van der Waals surface area (Å²) in [6.45, 7) is 0.795. The quantitative estimate of drug-likeness (QED) is 0.871. The first-order valence-electron chi connectivity index (χ1n) is 6.09. The predicted octanol–water partition coefficient (Wildman–Crippen LogP) is 2.43. The van der Waals surface area contributed by atoms with Gasteiger partial charge in [0.2, 0.25) is 0 Å². The van der Waals surface area contributed by atoms with E-state index in [-0.39, 0.29) is 11.2 Å². The summed E-state index contributed by atoms with van der Waals surface area (Å²) in [6.07, 6.45) is 2.85. The first kappa shape index (κ1) is 12.2. The lowest BCUT2D eigenvalue weighted by Crippen LogP contribution is -2.40. The van der Waals surface area contributed by atoms with Crippen molar-refractivity contribution < 1.29 is 9.18 Å². The number of carbonyl (C=O) groups is 1. The van der Waals surface area contributed by atoms with Gasteiger partial charge in [0.25, 0.3) is 0 Å². The molecule has 0 amide bonds. The number of Topliss-reactive ketones (excluding diaryl/α,β-unsaturated/α-hetero) is 1. The van der Waals surface area contributed by atoms with E-state index in [1.54, 1.807) is 12.1 Å². The second-order valence-corrected chi connectivity index (χ2v) is 4.86. The Labute approximate surface area is 101 Å². The molecule has 1 fully saturated rings. The third-order valence-corrected chi connectivity index (χ3v) is 3.72. The second kappa shape index (κ2) is 4.96. The van der Waals surface area contributed by atoms with Crippen molar-refractivity contribution in [3.8, 4) is 0 Å². The zero-order chi connectivity index (χ0) is 12.3. The molecule has 1 aromatic carbocycles. The van der Waals surface area contributed by atoms with E-state index in [1.165, 1.54) is 6.07 Å². The van der Waals surface area contributed by atoms with Crippen LogP contribution in [0.1, 0.15) is 31.2 Å². The molecule has 17 heavy (non-hydrogen) atoms. The van der Waals surface area contributed by atoms with Gasteiger partial charge in [-0.2, -0.15) is 0 Å². The molecule has 0 radical (unpaired) electrons. The number of likely N-dealkylation sites (N-methyl/N-ethyl adjacent to an activating group) is 1. The molecular weight excluding hydrogens is 217 g/mol. The fourth-order valence-corrected chi connectivity index (χ4v) is 2.73. The van der Waals surface area contributed by atoms with Crippen molar-refractivity contribution in [1.29, 1.82) is 0 Å². The molecule has 0 atom stereocenters. The molecule has 0 unspecified atom stereocenters. The first-order chi connectivity index (χ1) is 8.16. The summed E-state index contributed by atoms with van der Waals surface area (Å²) in [5.74, 6) is 0.128. The summed E-state index contributed by atoms with van der Waals surface area (Å²) in [6, 6.07) is 6.78. The summed E-state index contributed by atoms with van der Waals surface area (Å²) in [7, 11) is 1.90. The largest absolute Gasteiger partial charge is 0.319 e. The van der Waals surface area contributed by atoms with Crippen molar-refractivity contribution in [2.24, 2.45) is 0 Å². The van der Waals surface area contributed by atoms with E-state index in [0.29, 0.717) is 18.6 Å². The van der Waals surface area contributed by atoms with E-state index in [1.807, 2.05) is 13.1 Å². The molecule has 1 aliphatic rings. The van der Waals surface area contributed by atoms with Crippen molar-refractivity contribution in [1.82, 2.24) is 5.32 Å². The normalized spacial score (nSPS) is 19.3. The number of ketones is 1. The maximum atomic E-state index is 13.3. The lowest BCUT2D eigenvalue weighted by molar-refractivity contribution is -0.121. The van der Waals surface area contributed by atoms with E-state index >= 15 is 0 Å². The summed E-state index contributed by atoms with van der Waals surface area (Å²) >= 11 is 0. The molecule has 0 saturated heterocycles. The van der Waals surface area contributed by atoms with E-state index in [9.17, 15) is 9.18 Å². The van der Waals surface area contributed by atoms with Gasteiger partial charge < -0.3 is 5.32 Å². The zero-order valence-electron chi connectivity index (χ0n) is 10.1. The second-order valence-electron chi connectivity index (χ2n) is 4.86. The van der Waals surface area contributed by atoms with Crippen LogP contribution in [-0.4, -0.2) is 19.4 Å². The molecule has 1 saturated carbocycles. The fraction of sp³-hybridized carbons (Fsp3) is 0.500. The third kappa shape index (κ3) is 2.55. The van der Waals surface area contributed by atoms with Crippen LogP contribution in [0.25, 0.3) is 0 Å². The minimum absolute atomic E-state index is 0.0786. The molecule has 0 aromatic heterocycles. The Hall–Kier alpha value is -1.22. The van der Waals surface area contributed by atoms with Crippen LogP contribution >= 0.6 is 0 Å². The van der Waals surface area contributed by atoms with Crippen LogP contribution in [0.4, 0.5) is 4.39 Å². The Morgan fingerprint density at radius 1 is 1.35 bits per heavy atom. The van der Waals surface area contributed by atoms with Gasteiger partial charge in [-0.25, -0.2) is 4.39 Å². The van der Waals surface area contributed by atoms with E-state index in [2.05, 4.69) is 5.32 Å². The van der Waals surface area contributed by atoms with Gasteiger partial charge in [0.15, 0.2) is 0 Å². The van der Waals surface area contributed by atoms with Crippen molar-refractivity contribution in [3.05, 3.63) is 35.6 Å². The number of carbonyl (C=O) groups excluding carboxylic acids is 1. The summed E-state index contributed by atoms with van der Waals surface area (Å²) in [5, 5.41) is 3.18. The molecule has 92 valence electrons. The van der Waals surface area contributed by atoms with Gasteiger partial charge in [-0.05, 0) is 37.6 Å². The maximum absolute atomic E-state index is 13.3. The predicted molar refractivity (Wildman–Crippen MR) is 65.5 cm³/mol. The highest BCUT2D eigenvalue weighted by molar-refractivity contribution is 5.79. The summed E-state index contributed by atoms with van der Waals surface area (Å²) in [4.78, 5) is 11.4. The van der Waals surface area contributed by atoms with Gasteiger partial charge in [0, 0.05) is 24.8 Å². The Morgan fingerprint density at radius 3 is 2.65 bits per heavy atom. The molecule has 0 aliphatic heterocycles. The number of hydrogen-bond acceptors (Lipinski definition) is 2. The Balaban J connectivity index is 2.30. The zero-order valence-corrected chi connectivity index (χ0v) is 10.1. The SMILES string of the molecule is CNCC1(c2cccc(F)c2)CCC(=O)CC1. The highest BCUT2D eigenvalue weighted by Gasteiger charge is 2.35. The molecule has 0 bridgehead atoms. The van der Waals surface area contributed by atoms with E-state index < -0.39 is 0 Å². The van der Waals surface area contributed by atoms with Gasteiger partial charge in [0.1, 0.15) is 11.6 Å². The average molecular weight is 235 g/mol. The minimum atomic E-state index is -0.199. The number of rotatable bonds is 3. The molecule has 1 aliphatic carbocycles. The van der Waals surface area contributed by atoms with Crippen molar-refractivity contribution in [2.45, 2.75) is 31.1 Å². The van der Waals surface area contributed by atoms with Crippen LogP contribution < -0.4 is 5.32 Å². The Morgan fingerprint density at radius 2 is 2.06 bits per heavy atom. The number of hydrogen-bond donors (Lipinski definition) is 1. The third-order valence-electron chi connectivity index (χ3n) is 3.72. The smallest absolute Gasteiger partial charge is 0.132 e. The monoisotopic (exact) mass is 235 g/mol. The first-order valence-corrected chi connectivity index (χ1v) is 6.09.